The van der Waals surface area contributed by atoms with Crippen LogP contribution in [0.1, 0.15) is 126 Å². The van der Waals surface area contributed by atoms with Crippen molar-refractivity contribution < 1.29 is 14.2 Å². The Labute approximate surface area is 280 Å². The van der Waals surface area contributed by atoms with Gasteiger partial charge in [0.25, 0.3) is 0 Å². The minimum absolute atomic E-state index is 0.123. The molecule has 3 nitrogen and oxygen atoms in total. The summed E-state index contributed by atoms with van der Waals surface area (Å²) in [6.07, 6.45) is 6.88. The maximum atomic E-state index is 6.82. The van der Waals surface area contributed by atoms with Crippen molar-refractivity contribution in [2.24, 2.45) is 11.8 Å². The molecule has 0 aromatic heterocycles. The molecule has 0 fully saturated rings. The van der Waals surface area contributed by atoms with Crippen LogP contribution in [-0.2, 0) is 28.4 Å². The number of rotatable bonds is 14. The Morgan fingerprint density at radius 1 is 0.581 bits per heavy atom. The lowest BCUT2D eigenvalue weighted by molar-refractivity contribution is -0.228. The molecular formula is C36H50Cl4O3. The molecule has 0 aliphatic carbocycles. The Balaban J connectivity index is 1.75. The largest absolute Gasteiger partial charge is 0.459 e. The molecule has 0 spiro atoms. The van der Waals surface area contributed by atoms with Gasteiger partial charge >= 0.3 is 0 Å². The monoisotopic (exact) mass is 670 g/mol. The van der Waals surface area contributed by atoms with E-state index in [1.807, 2.05) is 0 Å². The van der Waals surface area contributed by atoms with Gasteiger partial charge in [-0.3, -0.25) is 4.74 Å². The van der Waals surface area contributed by atoms with E-state index in [1.165, 1.54) is 22.3 Å². The predicted octanol–water partition coefficient (Wildman–Crippen LogP) is 11.4. The maximum absolute atomic E-state index is 6.82. The van der Waals surface area contributed by atoms with E-state index in [-0.39, 0.29) is 10.8 Å². The van der Waals surface area contributed by atoms with Gasteiger partial charge in [-0.2, -0.15) is 0 Å². The van der Waals surface area contributed by atoms with E-state index in [9.17, 15) is 0 Å². The zero-order valence-electron chi connectivity index (χ0n) is 26.8. The molecule has 2 heterocycles. The van der Waals surface area contributed by atoms with Crippen molar-refractivity contribution in [3.8, 4) is 11.5 Å². The summed E-state index contributed by atoms with van der Waals surface area (Å²) in [5, 5.41) is 0. The van der Waals surface area contributed by atoms with Gasteiger partial charge in [-0.25, -0.2) is 0 Å². The SMILES string of the molecule is CC(C)(C)c1cc(CC(CCCl)CCCCl)cc2c1OC1OC2Oc2c1cc(CC(CCCl)CCCCl)cc2C(C)(C)C. The van der Waals surface area contributed by atoms with Gasteiger partial charge in [-0.15, -0.1) is 46.4 Å². The Morgan fingerprint density at radius 3 is 1.30 bits per heavy atom. The molecular weight excluding hydrogens is 622 g/mol. The van der Waals surface area contributed by atoms with Gasteiger partial charge in [0.2, 0.25) is 12.6 Å². The van der Waals surface area contributed by atoms with Crippen LogP contribution >= 0.6 is 46.4 Å². The topological polar surface area (TPSA) is 27.7 Å². The van der Waals surface area contributed by atoms with Crippen molar-refractivity contribution >= 4 is 46.4 Å². The second-order valence-electron chi connectivity index (χ2n) is 14.4. The van der Waals surface area contributed by atoms with Crippen molar-refractivity contribution in [2.45, 2.75) is 116 Å². The Kier molecular flexibility index (Phi) is 12.4. The minimum atomic E-state index is -0.531. The first kappa shape index (κ1) is 35.0. The third kappa shape index (κ3) is 8.70. The third-order valence-electron chi connectivity index (χ3n) is 8.75. The van der Waals surface area contributed by atoms with Crippen LogP contribution in [0.25, 0.3) is 0 Å². The smallest absolute Gasteiger partial charge is 0.233 e. The molecule has 2 aromatic rings. The summed E-state index contributed by atoms with van der Waals surface area (Å²) in [4.78, 5) is 0. The molecule has 0 radical (unpaired) electrons. The third-order valence-corrected chi connectivity index (χ3v) is 9.72. The van der Waals surface area contributed by atoms with Crippen LogP contribution in [-0.4, -0.2) is 23.5 Å². The maximum Gasteiger partial charge on any atom is 0.233 e. The molecule has 0 amide bonds. The van der Waals surface area contributed by atoms with E-state index >= 15 is 0 Å². The number of halogens is 4. The van der Waals surface area contributed by atoms with Gasteiger partial charge in [-0.05, 0) is 97.3 Å². The first-order valence-corrected chi connectivity index (χ1v) is 18.1. The van der Waals surface area contributed by atoms with Crippen molar-refractivity contribution in [2.75, 3.05) is 23.5 Å². The molecule has 2 aliphatic heterocycles. The van der Waals surface area contributed by atoms with E-state index in [4.69, 9.17) is 60.6 Å². The minimum Gasteiger partial charge on any atom is -0.459 e. The van der Waals surface area contributed by atoms with Gasteiger partial charge in [0.15, 0.2) is 0 Å². The van der Waals surface area contributed by atoms with E-state index < -0.39 is 12.6 Å². The quantitative estimate of drug-likeness (QED) is 0.187. The number of hydrogen-bond acceptors (Lipinski definition) is 3. The second kappa shape index (κ2) is 15.2. The van der Waals surface area contributed by atoms with Crippen LogP contribution in [0.5, 0.6) is 11.5 Å². The van der Waals surface area contributed by atoms with Crippen molar-refractivity contribution in [3.05, 3.63) is 57.6 Å². The van der Waals surface area contributed by atoms with Gasteiger partial charge in [-0.1, -0.05) is 53.7 Å². The number of alkyl halides is 4. The molecule has 7 heteroatoms. The molecule has 2 aliphatic rings. The standard InChI is InChI=1S/C36H50Cl4O3/c1-35(2,3)29-21-25(17-23(11-15-39)9-7-13-37)19-27-31(29)41-34-28-20-26(18-24(12-16-40)10-8-14-38)22-30(36(4,5)6)32(28)42-33(27)43-34/h19-24,33-34H,7-18H2,1-6H3. The van der Waals surface area contributed by atoms with Crippen LogP contribution in [0.15, 0.2) is 24.3 Å². The molecule has 2 aromatic carbocycles. The molecule has 4 rings (SSSR count). The van der Waals surface area contributed by atoms with E-state index in [2.05, 4.69) is 65.8 Å². The van der Waals surface area contributed by atoms with E-state index in [0.717, 1.165) is 74.0 Å². The average Bonchev–Trinajstić information content (AvgIpc) is 2.94. The molecule has 0 saturated heterocycles. The van der Waals surface area contributed by atoms with Crippen LogP contribution in [0.2, 0.25) is 0 Å². The number of benzene rings is 2. The Morgan fingerprint density at radius 2 is 0.977 bits per heavy atom. The van der Waals surface area contributed by atoms with Crippen molar-refractivity contribution in [3.63, 3.8) is 0 Å². The second-order valence-corrected chi connectivity index (χ2v) is 15.9. The van der Waals surface area contributed by atoms with Crippen LogP contribution in [0, 0.1) is 11.8 Å². The molecule has 0 N–H and O–H groups in total. The van der Waals surface area contributed by atoms with E-state index in [1.54, 1.807) is 0 Å². The lowest BCUT2D eigenvalue weighted by Crippen LogP contribution is -2.33. The molecule has 4 atom stereocenters. The summed E-state index contributed by atoms with van der Waals surface area (Å²) in [7, 11) is 0. The van der Waals surface area contributed by atoms with Crippen molar-refractivity contribution in [1.29, 1.82) is 0 Å². The molecule has 2 bridgehead atoms. The lowest BCUT2D eigenvalue weighted by Gasteiger charge is -2.42. The van der Waals surface area contributed by atoms with Gasteiger partial charge in [0, 0.05) is 34.6 Å². The molecule has 0 saturated carbocycles. The Bertz CT molecular complexity index is 1120. The molecule has 240 valence electrons. The van der Waals surface area contributed by atoms with Crippen molar-refractivity contribution in [1.82, 2.24) is 0 Å². The normalized spacial score (nSPS) is 19.2. The fourth-order valence-electron chi connectivity index (χ4n) is 6.45. The predicted molar refractivity (Wildman–Crippen MR) is 183 cm³/mol. The summed E-state index contributed by atoms with van der Waals surface area (Å²) >= 11 is 24.5. The average molecular weight is 673 g/mol. The highest BCUT2D eigenvalue weighted by Crippen LogP contribution is 2.53. The summed E-state index contributed by atoms with van der Waals surface area (Å²) in [5.74, 6) is 5.39. The first-order valence-electron chi connectivity index (χ1n) is 16.0. The van der Waals surface area contributed by atoms with Crippen LogP contribution in [0.4, 0.5) is 0 Å². The highest BCUT2D eigenvalue weighted by Gasteiger charge is 2.42. The highest BCUT2D eigenvalue weighted by atomic mass is 35.5. The molecule has 4 unspecified atom stereocenters. The molecule has 43 heavy (non-hydrogen) atoms. The van der Waals surface area contributed by atoms with Crippen LogP contribution in [0.3, 0.4) is 0 Å². The number of hydrogen-bond donors (Lipinski definition) is 0. The fraction of sp³-hybridized carbons (Fsp3) is 0.667. The highest BCUT2D eigenvalue weighted by molar-refractivity contribution is 6.18. The van der Waals surface area contributed by atoms with Gasteiger partial charge < -0.3 is 9.47 Å². The summed E-state index contributed by atoms with van der Waals surface area (Å²) in [5.41, 5.74) is 6.59. The Hall–Kier alpha value is -0.840. The zero-order chi connectivity index (χ0) is 31.4. The van der Waals surface area contributed by atoms with Crippen LogP contribution < -0.4 is 9.47 Å². The van der Waals surface area contributed by atoms with Gasteiger partial charge in [0.1, 0.15) is 11.5 Å². The summed E-state index contributed by atoms with van der Waals surface area (Å²) in [6, 6.07) is 9.12. The number of fused-ring (bicyclic) bond motifs is 6. The summed E-state index contributed by atoms with van der Waals surface area (Å²) < 4.78 is 20.2. The summed E-state index contributed by atoms with van der Waals surface area (Å²) in [6.45, 7) is 13.5. The van der Waals surface area contributed by atoms with Gasteiger partial charge in [0.05, 0.1) is 11.1 Å². The lowest BCUT2D eigenvalue weighted by atomic mass is 9.80. The van der Waals surface area contributed by atoms with E-state index in [0.29, 0.717) is 35.4 Å². The first-order chi connectivity index (χ1) is 20.4. The fourth-order valence-corrected chi connectivity index (χ4v) is 7.38. The zero-order valence-corrected chi connectivity index (χ0v) is 29.9. The number of ether oxygens (including phenoxy) is 3.